The minimum Gasteiger partial charge on any atom is -0.507 e. The zero-order chi connectivity index (χ0) is 21.3. The van der Waals surface area contributed by atoms with Gasteiger partial charge in [0.05, 0.1) is 17.7 Å². The average Bonchev–Trinajstić information content (AvgIpc) is 3.36. The monoisotopic (exact) mass is 406 g/mol. The van der Waals surface area contributed by atoms with E-state index in [1.807, 2.05) is 49.3 Å². The number of Topliss-reactive ketones (excluding diaryl/α,β-unsaturated/α-hetero) is 1. The molecular formula is C24H26N2O4. The number of likely N-dealkylation sites (tertiary alicyclic amines) is 1. The molecule has 4 rings (SSSR count). The largest absolute Gasteiger partial charge is 0.507 e. The molecule has 2 atom stereocenters. The van der Waals surface area contributed by atoms with E-state index in [0.717, 1.165) is 24.1 Å². The van der Waals surface area contributed by atoms with Crippen molar-refractivity contribution in [3.05, 3.63) is 71.3 Å². The number of aliphatic hydroxyl groups is 1. The van der Waals surface area contributed by atoms with Crippen LogP contribution in [-0.4, -0.2) is 55.0 Å². The van der Waals surface area contributed by atoms with Crippen molar-refractivity contribution in [3.8, 4) is 0 Å². The lowest BCUT2D eigenvalue weighted by Gasteiger charge is -2.28. The minimum absolute atomic E-state index is 0.0940. The predicted octanol–water partition coefficient (Wildman–Crippen LogP) is 3.35. The molecule has 2 unspecified atom stereocenters. The summed E-state index contributed by atoms with van der Waals surface area (Å²) in [5.41, 5.74) is 2.44. The fourth-order valence-corrected chi connectivity index (χ4v) is 4.13. The van der Waals surface area contributed by atoms with Gasteiger partial charge < -0.3 is 19.6 Å². The lowest BCUT2D eigenvalue weighted by molar-refractivity contribution is -0.140. The van der Waals surface area contributed by atoms with Gasteiger partial charge in [-0.3, -0.25) is 9.59 Å². The highest BCUT2D eigenvalue weighted by Crippen LogP contribution is 2.40. The standard InChI is InChI=1S/C24H26N2O4/c1-25(2)18-12-10-16(11-13-18)21-20(22(27)17-7-4-3-5-8-17)23(28)24(29)26(21)15-19-9-6-14-30-19/h3-5,7-8,10-13,19,21,27H,6,9,14-15H2,1-2H3/b22-20+. The smallest absolute Gasteiger partial charge is 0.295 e. The van der Waals surface area contributed by atoms with Crippen molar-refractivity contribution in [2.45, 2.75) is 25.0 Å². The van der Waals surface area contributed by atoms with Gasteiger partial charge in [-0.25, -0.2) is 0 Å². The summed E-state index contributed by atoms with van der Waals surface area (Å²) in [6.07, 6.45) is 1.71. The minimum atomic E-state index is -0.656. The summed E-state index contributed by atoms with van der Waals surface area (Å²) in [5, 5.41) is 11.0. The first-order valence-corrected chi connectivity index (χ1v) is 10.2. The summed E-state index contributed by atoms with van der Waals surface area (Å²) < 4.78 is 5.72. The van der Waals surface area contributed by atoms with E-state index in [0.29, 0.717) is 18.7 Å². The average molecular weight is 406 g/mol. The van der Waals surface area contributed by atoms with Crippen molar-refractivity contribution in [1.29, 1.82) is 0 Å². The summed E-state index contributed by atoms with van der Waals surface area (Å²) >= 11 is 0. The number of benzene rings is 2. The topological polar surface area (TPSA) is 70.1 Å². The van der Waals surface area contributed by atoms with Gasteiger partial charge >= 0.3 is 0 Å². The number of aliphatic hydroxyl groups excluding tert-OH is 1. The maximum absolute atomic E-state index is 13.0. The van der Waals surface area contributed by atoms with Crippen LogP contribution in [0.2, 0.25) is 0 Å². The molecule has 2 fully saturated rings. The Morgan fingerprint density at radius 2 is 1.80 bits per heavy atom. The van der Waals surface area contributed by atoms with Crippen LogP contribution in [0.25, 0.3) is 5.76 Å². The van der Waals surface area contributed by atoms with E-state index in [-0.39, 0.29) is 17.4 Å². The quantitative estimate of drug-likeness (QED) is 0.468. The van der Waals surface area contributed by atoms with E-state index in [1.165, 1.54) is 0 Å². The van der Waals surface area contributed by atoms with Crippen LogP contribution in [0.4, 0.5) is 5.69 Å². The first-order valence-electron chi connectivity index (χ1n) is 10.2. The molecule has 0 radical (unpaired) electrons. The molecule has 0 bridgehead atoms. The van der Waals surface area contributed by atoms with Crippen molar-refractivity contribution in [2.24, 2.45) is 0 Å². The third kappa shape index (κ3) is 3.71. The van der Waals surface area contributed by atoms with Crippen LogP contribution in [0.5, 0.6) is 0 Å². The van der Waals surface area contributed by atoms with Crippen molar-refractivity contribution >= 4 is 23.1 Å². The SMILES string of the molecule is CN(C)c1ccc(C2/C(=C(\O)c3ccccc3)C(=O)C(=O)N2CC2CCCO2)cc1. The normalized spacial score (nSPS) is 23.2. The van der Waals surface area contributed by atoms with Gasteiger partial charge in [-0.1, -0.05) is 42.5 Å². The van der Waals surface area contributed by atoms with Crippen LogP contribution >= 0.6 is 0 Å². The Morgan fingerprint density at radius 1 is 1.10 bits per heavy atom. The number of carbonyl (C=O) groups is 2. The van der Waals surface area contributed by atoms with E-state index in [1.54, 1.807) is 29.2 Å². The second-order valence-corrected chi connectivity index (χ2v) is 7.94. The molecule has 6 heteroatoms. The van der Waals surface area contributed by atoms with Gasteiger partial charge in [0.2, 0.25) is 0 Å². The summed E-state index contributed by atoms with van der Waals surface area (Å²) in [6, 6.07) is 15.9. The summed E-state index contributed by atoms with van der Waals surface area (Å²) in [4.78, 5) is 29.5. The molecule has 6 nitrogen and oxygen atoms in total. The molecule has 1 amide bonds. The molecular weight excluding hydrogens is 380 g/mol. The molecule has 0 saturated carbocycles. The van der Waals surface area contributed by atoms with Crippen LogP contribution in [-0.2, 0) is 14.3 Å². The van der Waals surface area contributed by atoms with Gasteiger partial charge in [-0.2, -0.15) is 0 Å². The number of nitrogens with zero attached hydrogens (tertiary/aromatic N) is 2. The second kappa shape index (κ2) is 8.32. The Labute approximate surface area is 176 Å². The molecule has 30 heavy (non-hydrogen) atoms. The number of rotatable bonds is 5. The number of ether oxygens (including phenoxy) is 1. The zero-order valence-electron chi connectivity index (χ0n) is 17.2. The molecule has 0 spiro atoms. The van der Waals surface area contributed by atoms with Crippen molar-refractivity contribution < 1.29 is 19.4 Å². The molecule has 2 aromatic rings. The van der Waals surface area contributed by atoms with Crippen LogP contribution in [0.3, 0.4) is 0 Å². The Kier molecular flexibility index (Phi) is 5.59. The second-order valence-electron chi connectivity index (χ2n) is 7.94. The number of carbonyl (C=O) groups excluding carboxylic acids is 2. The van der Waals surface area contributed by atoms with Crippen molar-refractivity contribution in [3.63, 3.8) is 0 Å². The van der Waals surface area contributed by atoms with E-state index in [4.69, 9.17) is 4.74 Å². The highest BCUT2D eigenvalue weighted by molar-refractivity contribution is 6.46. The first-order chi connectivity index (χ1) is 14.5. The fourth-order valence-electron chi connectivity index (χ4n) is 4.13. The molecule has 2 heterocycles. The van der Waals surface area contributed by atoms with E-state index in [2.05, 4.69) is 0 Å². The van der Waals surface area contributed by atoms with E-state index in [9.17, 15) is 14.7 Å². The maximum atomic E-state index is 13.0. The molecule has 2 saturated heterocycles. The fraction of sp³-hybridized carbons (Fsp3) is 0.333. The third-order valence-electron chi connectivity index (χ3n) is 5.74. The van der Waals surface area contributed by atoms with Crippen LogP contribution in [0.15, 0.2) is 60.2 Å². The first kappa shape index (κ1) is 20.2. The van der Waals surface area contributed by atoms with Gasteiger partial charge in [0, 0.05) is 38.5 Å². The van der Waals surface area contributed by atoms with Gasteiger partial charge in [-0.05, 0) is 30.5 Å². The zero-order valence-corrected chi connectivity index (χ0v) is 17.2. The van der Waals surface area contributed by atoms with Crippen molar-refractivity contribution in [1.82, 2.24) is 4.90 Å². The number of hydrogen-bond donors (Lipinski definition) is 1. The summed E-state index contributed by atoms with van der Waals surface area (Å²) in [7, 11) is 3.90. The van der Waals surface area contributed by atoms with Crippen LogP contribution < -0.4 is 4.90 Å². The van der Waals surface area contributed by atoms with E-state index >= 15 is 0 Å². The highest BCUT2D eigenvalue weighted by atomic mass is 16.5. The van der Waals surface area contributed by atoms with Crippen LogP contribution in [0.1, 0.15) is 30.0 Å². The van der Waals surface area contributed by atoms with Gasteiger partial charge in [-0.15, -0.1) is 0 Å². The van der Waals surface area contributed by atoms with Gasteiger partial charge in [0.25, 0.3) is 11.7 Å². The van der Waals surface area contributed by atoms with Gasteiger partial charge in [0.1, 0.15) is 5.76 Å². The molecule has 0 aromatic heterocycles. The predicted molar refractivity (Wildman–Crippen MR) is 115 cm³/mol. The number of anilines is 1. The molecule has 2 aliphatic heterocycles. The molecule has 2 aliphatic rings. The summed E-state index contributed by atoms with van der Waals surface area (Å²) in [5.74, 6) is -1.40. The lowest BCUT2D eigenvalue weighted by Crippen LogP contribution is -2.36. The van der Waals surface area contributed by atoms with Crippen LogP contribution in [0, 0.1) is 0 Å². The number of hydrogen-bond acceptors (Lipinski definition) is 5. The third-order valence-corrected chi connectivity index (χ3v) is 5.74. The summed E-state index contributed by atoms with van der Waals surface area (Å²) in [6.45, 7) is 0.997. The highest BCUT2D eigenvalue weighted by Gasteiger charge is 2.47. The number of amides is 1. The Hall–Kier alpha value is -3.12. The molecule has 2 aromatic carbocycles. The van der Waals surface area contributed by atoms with Gasteiger partial charge in [0.15, 0.2) is 0 Å². The molecule has 1 N–H and O–H groups in total. The van der Waals surface area contributed by atoms with E-state index < -0.39 is 17.7 Å². The Morgan fingerprint density at radius 3 is 2.40 bits per heavy atom. The Bertz CT molecular complexity index is 960. The Balaban J connectivity index is 1.80. The number of ketones is 1. The molecule has 156 valence electrons. The molecule has 0 aliphatic carbocycles. The van der Waals surface area contributed by atoms with Crippen molar-refractivity contribution in [2.75, 3.05) is 32.1 Å². The lowest BCUT2D eigenvalue weighted by atomic mass is 9.95. The maximum Gasteiger partial charge on any atom is 0.295 e.